The first-order chi connectivity index (χ1) is 8.00. The predicted molar refractivity (Wildman–Crippen MR) is 68.0 cm³/mol. The van der Waals surface area contributed by atoms with Crippen LogP contribution in [0.1, 0.15) is 36.5 Å². The lowest BCUT2D eigenvalue weighted by molar-refractivity contribution is 0.0890. The lowest BCUT2D eigenvalue weighted by Crippen LogP contribution is -2.40. The van der Waals surface area contributed by atoms with E-state index in [4.69, 9.17) is 17.3 Å². The van der Waals surface area contributed by atoms with E-state index in [-0.39, 0.29) is 16.5 Å². The fraction of sp³-hybridized carbons (Fsp3) is 0.500. The number of halogens is 1. The van der Waals surface area contributed by atoms with Gasteiger partial charge in [-0.25, -0.2) is 4.98 Å². The van der Waals surface area contributed by atoms with Gasteiger partial charge in [0.15, 0.2) is 0 Å². The summed E-state index contributed by atoms with van der Waals surface area (Å²) in [7, 11) is 0. The van der Waals surface area contributed by atoms with Gasteiger partial charge in [0.2, 0.25) is 0 Å². The number of nitrogen functional groups attached to an aromatic ring is 1. The number of nitrogens with zero attached hydrogens (tertiary/aromatic N) is 1. The number of carbonyl (C=O) groups is 1. The number of hydrogen-bond donors (Lipinski definition) is 2. The van der Waals surface area contributed by atoms with Gasteiger partial charge in [-0.2, -0.15) is 0 Å². The summed E-state index contributed by atoms with van der Waals surface area (Å²) in [6.45, 7) is 2.85. The van der Waals surface area contributed by atoms with E-state index in [0.717, 1.165) is 12.8 Å². The number of hydrogen-bond acceptors (Lipinski definition) is 3. The molecule has 1 amide bonds. The van der Waals surface area contributed by atoms with Crippen molar-refractivity contribution in [3.63, 3.8) is 0 Å². The normalized spacial score (nSPS) is 17.3. The molecule has 5 heteroatoms. The number of rotatable bonds is 3. The molecule has 0 bridgehead atoms. The Balaban J connectivity index is 2.01. The molecule has 1 aromatic heterocycles. The molecule has 0 aliphatic heterocycles. The molecule has 17 heavy (non-hydrogen) atoms. The van der Waals surface area contributed by atoms with Gasteiger partial charge in [-0.15, -0.1) is 0 Å². The van der Waals surface area contributed by atoms with E-state index in [0.29, 0.717) is 17.8 Å². The Kier molecular flexibility index (Phi) is 3.24. The highest BCUT2D eigenvalue weighted by Gasteiger charge is 2.32. The number of pyridine rings is 1. The SMILES string of the molecule is CC1(CNC(=O)c2cc(N)cnc2Cl)CCC1. The molecule has 0 saturated heterocycles. The summed E-state index contributed by atoms with van der Waals surface area (Å²) < 4.78 is 0. The van der Waals surface area contributed by atoms with Gasteiger partial charge in [0, 0.05) is 6.54 Å². The Morgan fingerprint density at radius 2 is 2.35 bits per heavy atom. The van der Waals surface area contributed by atoms with E-state index in [1.165, 1.54) is 12.6 Å². The first-order valence-electron chi connectivity index (χ1n) is 5.69. The Bertz CT molecular complexity index is 443. The quantitative estimate of drug-likeness (QED) is 0.812. The van der Waals surface area contributed by atoms with Gasteiger partial charge in [-0.1, -0.05) is 24.9 Å². The van der Waals surface area contributed by atoms with Gasteiger partial charge in [0.25, 0.3) is 5.91 Å². The first kappa shape index (κ1) is 12.2. The number of aromatic nitrogens is 1. The average Bonchev–Trinajstić information content (AvgIpc) is 2.26. The number of carbonyl (C=O) groups excluding carboxylic acids is 1. The molecular weight excluding hydrogens is 238 g/mol. The van der Waals surface area contributed by atoms with Crippen LogP contribution in [-0.2, 0) is 0 Å². The van der Waals surface area contributed by atoms with Crippen LogP contribution in [-0.4, -0.2) is 17.4 Å². The van der Waals surface area contributed by atoms with Crippen molar-refractivity contribution in [1.29, 1.82) is 0 Å². The molecule has 1 aliphatic rings. The molecule has 0 spiro atoms. The minimum Gasteiger partial charge on any atom is -0.397 e. The molecule has 0 atom stereocenters. The molecule has 1 aromatic rings. The fourth-order valence-corrected chi connectivity index (χ4v) is 2.16. The minimum atomic E-state index is -0.206. The molecule has 4 nitrogen and oxygen atoms in total. The molecular formula is C12H16ClN3O. The summed E-state index contributed by atoms with van der Waals surface area (Å²) in [5, 5.41) is 3.08. The summed E-state index contributed by atoms with van der Waals surface area (Å²) in [6.07, 6.45) is 5.01. The maximum absolute atomic E-state index is 11.9. The predicted octanol–water partition coefficient (Wildman–Crippen LogP) is 2.24. The largest absolute Gasteiger partial charge is 0.397 e. The van der Waals surface area contributed by atoms with Gasteiger partial charge in [-0.05, 0) is 24.3 Å². The lowest BCUT2D eigenvalue weighted by Gasteiger charge is -2.38. The van der Waals surface area contributed by atoms with Crippen molar-refractivity contribution in [1.82, 2.24) is 10.3 Å². The Morgan fingerprint density at radius 3 is 2.94 bits per heavy atom. The van der Waals surface area contributed by atoms with E-state index in [2.05, 4.69) is 17.2 Å². The van der Waals surface area contributed by atoms with E-state index >= 15 is 0 Å². The Morgan fingerprint density at radius 1 is 1.65 bits per heavy atom. The third-order valence-corrected chi connectivity index (χ3v) is 3.64. The molecule has 1 aliphatic carbocycles. The van der Waals surface area contributed by atoms with E-state index in [1.54, 1.807) is 6.07 Å². The van der Waals surface area contributed by atoms with Crippen LogP contribution in [0.3, 0.4) is 0 Å². The molecule has 1 saturated carbocycles. The van der Waals surface area contributed by atoms with E-state index < -0.39 is 0 Å². The van der Waals surface area contributed by atoms with Crippen molar-refractivity contribution in [2.24, 2.45) is 5.41 Å². The molecule has 0 unspecified atom stereocenters. The van der Waals surface area contributed by atoms with Crippen molar-refractivity contribution in [3.05, 3.63) is 23.0 Å². The summed E-state index contributed by atoms with van der Waals surface area (Å²) in [4.78, 5) is 15.8. The highest BCUT2D eigenvalue weighted by molar-refractivity contribution is 6.32. The summed E-state index contributed by atoms with van der Waals surface area (Å²) in [5.41, 5.74) is 6.61. The van der Waals surface area contributed by atoms with Crippen LogP contribution in [0.2, 0.25) is 5.15 Å². The average molecular weight is 254 g/mol. The number of nitrogens with two attached hydrogens (primary N) is 1. The van der Waals surface area contributed by atoms with Crippen LogP contribution in [0, 0.1) is 5.41 Å². The zero-order valence-corrected chi connectivity index (χ0v) is 10.5. The number of anilines is 1. The minimum absolute atomic E-state index is 0.190. The third kappa shape index (κ3) is 2.69. The second-order valence-corrected chi connectivity index (χ2v) is 5.31. The Hall–Kier alpha value is -1.29. The maximum atomic E-state index is 11.9. The highest BCUT2D eigenvalue weighted by atomic mass is 35.5. The Labute approximate surface area is 106 Å². The van der Waals surface area contributed by atoms with Crippen LogP contribution in [0.15, 0.2) is 12.3 Å². The molecule has 0 radical (unpaired) electrons. The zero-order chi connectivity index (χ0) is 12.5. The first-order valence-corrected chi connectivity index (χ1v) is 6.07. The lowest BCUT2D eigenvalue weighted by atomic mass is 9.70. The smallest absolute Gasteiger partial charge is 0.254 e. The number of amides is 1. The fourth-order valence-electron chi connectivity index (χ4n) is 1.97. The van der Waals surface area contributed by atoms with Crippen LogP contribution >= 0.6 is 11.6 Å². The van der Waals surface area contributed by atoms with Crippen molar-refractivity contribution in [3.8, 4) is 0 Å². The monoisotopic (exact) mass is 253 g/mol. The molecule has 1 fully saturated rings. The second-order valence-electron chi connectivity index (χ2n) is 4.95. The van der Waals surface area contributed by atoms with Crippen LogP contribution in [0.4, 0.5) is 5.69 Å². The van der Waals surface area contributed by atoms with Gasteiger partial charge in [0.1, 0.15) is 5.15 Å². The van der Waals surface area contributed by atoms with Gasteiger partial charge in [-0.3, -0.25) is 4.79 Å². The van der Waals surface area contributed by atoms with Crippen LogP contribution < -0.4 is 11.1 Å². The van der Waals surface area contributed by atoms with Crippen LogP contribution in [0.5, 0.6) is 0 Å². The van der Waals surface area contributed by atoms with E-state index in [9.17, 15) is 4.79 Å². The summed E-state index contributed by atoms with van der Waals surface area (Å²) >= 11 is 5.86. The van der Waals surface area contributed by atoms with Gasteiger partial charge >= 0.3 is 0 Å². The van der Waals surface area contributed by atoms with Gasteiger partial charge < -0.3 is 11.1 Å². The molecule has 1 heterocycles. The summed E-state index contributed by atoms with van der Waals surface area (Å²) in [6, 6.07) is 1.55. The van der Waals surface area contributed by atoms with Crippen molar-refractivity contribution in [2.75, 3.05) is 12.3 Å². The maximum Gasteiger partial charge on any atom is 0.254 e. The number of nitrogens with one attached hydrogen (secondary N) is 1. The molecule has 3 N–H and O–H groups in total. The molecule has 0 aromatic carbocycles. The van der Waals surface area contributed by atoms with E-state index in [1.807, 2.05) is 0 Å². The van der Waals surface area contributed by atoms with Crippen molar-refractivity contribution >= 4 is 23.2 Å². The zero-order valence-electron chi connectivity index (χ0n) is 9.79. The van der Waals surface area contributed by atoms with Gasteiger partial charge in [0.05, 0.1) is 17.4 Å². The standard InChI is InChI=1S/C12H16ClN3O/c1-12(3-2-4-12)7-16-11(17)9-5-8(14)6-15-10(9)13/h5-6H,2-4,7,14H2,1H3,(H,16,17). The third-order valence-electron chi connectivity index (χ3n) is 3.34. The molecule has 2 rings (SSSR count). The summed E-state index contributed by atoms with van der Waals surface area (Å²) in [5.74, 6) is -0.206. The topological polar surface area (TPSA) is 68.0 Å². The van der Waals surface area contributed by atoms with Crippen LogP contribution in [0.25, 0.3) is 0 Å². The highest BCUT2D eigenvalue weighted by Crippen LogP contribution is 2.39. The molecule has 92 valence electrons. The second kappa shape index (κ2) is 4.53. The van der Waals surface area contributed by atoms with Crippen molar-refractivity contribution < 1.29 is 4.79 Å². The van der Waals surface area contributed by atoms with Crippen molar-refractivity contribution in [2.45, 2.75) is 26.2 Å².